The predicted molar refractivity (Wildman–Crippen MR) is 116 cm³/mol. The molecule has 12 nitrogen and oxygen atoms in total. The molecule has 0 spiro atoms. The number of nitrogens with one attached hydrogen (secondary N) is 2. The summed E-state index contributed by atoms with van der Waals surface area (Å²) in [5, 5.41) is 19.3. The van der Waals surface area contributed by atoms with Crippen molar-refractivity contribution in [2.75, 3.05) is 48.3 Å². The minimum absolute atomic E-state index is 0.0891. The number of urea groups is 1. The second-order valence-corrected chi connectivity index (χ2v) is 7.14. The third kappa shape index (κ3) is 4.25. The summed E-state index contributed by atoms with van der Waals surface area (Å²) < 4.78 is 7.01. The maximum atomic E-state index is 12.8. The molecule has 168 valence electrons. The molecule has 0 atom stereocenters. The summed E-state index contributed by atoms with van der Waals surface area (Å²) in [6.07, 6.45) is 4.52. The summed E-state index contributed by atoms with van der Waals surface area (Å²) in [4.78, 5) is 36.9. The number of amides is 3. The second kappa shape index (κ2) is 9.06. The molecule has 3 N–H and O–H groups in total. The average molecular weight is 440 g/mol. The van der Waals surface area contributed by atoms with Gasteiger partial charge in [-0.3, -0.25) is 14.4 Å². The molecule has 0 bridgehead atoms. The van der Waals surface area contributed by atoms with Crippen molar-refractivity contribution in [2.24, 2.45) is 7.05 Å². The van der Waals surface area contributed by atoms with Crippen LogP contribution in [0.15, 0.2) is 35.2 Å². The van der Waals surface area contributed by atoms with E-state index in [0.717, 1.165) is 6.54 Å². The molecule has 1 aliphatic rings. The molecule has 1 saturated heterocycles. The Balaban J connectivity index is 1.51. The molecule has 0 aromatic carbocycles. The van der Waals surface area contributed by atoms with Gasteiger partial charge in [0.25, 0.3) is 5.91 Å². The highest BCUT2D eigenvalue weighted by Gasteiger charge is 2.33. The van der Waals surface area contributed by atoms with Crippen LogP contribution in [-0.2, 0) is 7.05 Å². The van der Waals surface area contributed by atoms with Crippen molar-refractivity contribution in [3.8, 4) is 11.5 Å². The number of pyridine rings is 1. The van der Waals surface area contributed by atoms with Crippen molar-refractivity contribution in [1.29, 1.82) is 0 Å². The zero-order chi connectivity index (χ0) is 22.7. The van der Waals surface area contributed by atoms with Crippen molar-refractivity contribution in [3.05, 3.63) is 36.5 Å². The fraction of sp³-hybridized carbons (Fsp3) is 0.350. The Bertz CT molecular complexity index is 1120. The quantitative estimate of drug-likeness (QED) is 0.477. The van der Waals surface area contributed by atoms with Crippen LogP contribution in [-0.4, -0.2) is 74.5 Å². The van der Waals surface area contributed by atoms with E-state index in [-0.39, 0.29) is 30.8 Å². The first kappa shape index (κ1) is 21.3. The number of carbonyl (C=O) groups is 2. The summed E-state index contributed by atoms with van der Waals surface area (Å²) >= 11 is 0. The maximum absolute atomic E-state index is 12.8. The number of hydrogen-bond acceptors (Lipinski definition) is 8. The van der Waals surface area contributed by atoms with E-state index in [1.165, 1.54) is 20.7 Å². The second-order valence-electron chi connectivity index (χ2n) is 7.14. The summed E-state index contributed by atoms with van der Waals surface area (Å²) in [6.45, 7) is 3.69. The topological polar surface area (TPSA) is 142 Å². The molecule has 4 heterocycles. The van der Waals surface area contributed by atoms with Crippen LogP contribution in [0.4, 0.5) is 22.1 Å². The number of aliphatic hydroxyl groups excluding tert-OH is 1. The number of aliphatic hydroxyl groups is 1. The van der Waals surface area contributed by atoms with E-state index in [4.69, 9.17) is 9.52 Å². The molecule has 1 fully saturated rings. The van der Waals surface area contributed by atoms with E-state index in [1.807, 2.05) is 6.92 Å². The lowest BCUT2D eigenvalue weighted by atomic mass is 10.2. The van der Waals surface area contributed by atoms with Crippen LogP contribution in [0.3, 0.4) is 0 Å². The summed E-state index contributed by atoms with van der Waals surface area (Å²) in [7, 11) is 1.70. The summed E-state index contributed by atoms with van der Waals surface area (Å²) in [5.74, 6) is 0.811. The van der Waals surface area contributed by atoms with E-state index in [9.17, 15) is 9.59 Å². The Hall–Kier alpha value is -3.93. The molecular weight excluding hydrogens is 416 g/mol. The Morgan fingerprint density at radius 1 is 1.34 bits per heavy atom. The third-order valence-corrected chi connectivity index (χ3v) is 4.88. The minimum Gasteiger partial charge on any atom is -0.444 e. The standard InChI is InChI=1S/C20H24N8O4/c1-3-21-16-10-13(4-5-22-16)19-24-15(12-32-19)18(30)23-14-11-26(2)25-17(14)28-7-6-27(8-9-29)20(28)31/h4-5,10-12,29H,3,6-9H2,1-2H3,(H,21,22)(H,23,30). The van der Waals surface area contributed by atoms with Gasteiger partial charge in [0.1, 0.15) is 17.8 Å². The predicted octanol–water partition coefficient (Wildman–Crippen LogP) is 1.39. The number of aryl methyl sites for hydroxylation is 1. The monoisotopic (exact) mass is 440 g/mol. The lowest BCUT2D eigenvalue weighted by Gasteiger charge is -2.17. The highest BCUT2D eigenvalue weighted by Crippen LogP contribution is 2.28. The van der Waals surface area contributed by atoms with Crippen LogP contribution in [0.25, 0.3) is 11.5 Å². The van der Waals surface area contributed by atoms with Gasteiger partial charge in [0.05, 0.1) is 12.8 Å². The first-order chi connectivity index (χ1) is 15.5. The molecule has 3 amide bonds. The summed E-state index contributed by atoms with van der Waals surface area (Å²) in [6, 6.07) is 3.25. The largest absolute Gasteiger partial charge is 0.444 e. The lowest BCUT2D eigenvalue weighted by Crippen LogP contribution is -2.34. The Kier molecular flexibility index (Phi) is 6.03. The van der Waals surface area contributed by atoms with Gasteiger partial charge in [-0.25, -0.2) is 14.8 Å². The molecule has 0 radical (unpaired) electrons. The number of oxazole rings is 1. The zero-order valence-electron chi connectivity index (χ0n) is 17.8. The van der Waals surface area contributed by atoms with Crippen molar-refractivity contribution < 1.29 is 19.1 Å². The molecule has 4 rings (SSSR count). The average Bonchev–Trinajstić information content (AvgIpc) is 3.49. The van der Waals surface area contributed by atoms with Gasteiger partial charge < -0.3 is 25.1 Å². The number of hydrogen-bond donors (Lipinski definition) is 3. The molecule has 3 aromatic heterocycles. The van der Waals surface area contributed by atoms with Crippen LogP contribution in [0, 0.1) is 0 Å². The van der Waals surface area contributed by atoms with E-state index >= 15 is 0 Å². The molecule has 1 aliphatic heterocycles. The summed E-state index contributed by atoms with van der Waals surface area (Å²) in [5.41, 5.74) is 1.15. The van der Waals surface area contributed by atoms with Crippen LogP contribution >= 0.6 is 0 Å². The molecular formula is C20H24N8O4. The molecule has 0 unspecified atom stereocenters. The van der Waals surface area contributed by atoms with E-state index in [2.05, 4.69) is 25.7 Å². The van der Waals surface area contributed by atoms with E-state index in [0.29, 0.717) is 36.0 Å². The maximum Gasteiger partial charge on any atom is 0.325 e. The number of rotatable bonds is 8. The minimum atomic E-state index is -0.492. The van der Waals surface area contributed by atoms with Gasteiger partial charge in [-0.15, -0.1) is 0 Å². The number of anilines is 3. The van der Waals surface area contributed by atoms with Gasteiger partial charge in [0.15, 0.2) is 11.5 Å². The number of β-amino-alcohol motifs (C(OH)–C–C–N with tert-alkyl or cyclic N) is 1. The third-order valence-electron chi connectivity index (χ3n) is 4.88. The molecule has 32 heavy (non-hydrogen) atoms. The Morgan fingerprint density at radius 3 is 2.97 bits per heavy atom. The number of nitrogens with zero attached hydrogens (tertiary/aromatic N) is 6. The molecule has 12 heteroatoms. The first-order valence-electron chi connectivity index (χ1n) is 10.2. The highest BCUT2D eigenvalue weighted by molar-refractivity contribution is 6.06. The first-order valence-corrected chi connectivity index (χ1v) is 10.2. The molecule has 0 aliphatic carbocycles. The normalized spacial score (nSPS) is 13.7. The van der Waals surface area contributed by atoms with Crippen LogP contribution in [0.5, 0.6) is 0 Å². The molecule has 0 saturated carbocycles. The van der Waals surface area contributed by atoms with Crippen molar-refractivity contribution in [2.45, 2.75) is 6.92 Å². The van der Waals surface area contributed by atoms with Gasteiger partial charge in [0.2, 0.25) is 5.89 Å². The van der Waals surface area contributed by atoms with Crippen LogP contribution < -0.4 is 15.5 Å². The lowest BCUT2D eigenvalue weighted by molar-refractivity contribution is 0.102. The van der Waals surface area contributed by atoms with Gasteiger partial charge in [-0.1, -0.05) is 0 Å². The smallest absolute Gasteiger partial charge is 0.325 e. The van der Waals surface area contributed by atoms with Crippen LogP contribution in [0.1, 0.15) is 17.4 Å². The molecule has 3 aromatic rings. The van der Waals surface area contributed by atoms with Gasteiger partial charge >= 0.3 is 6.03 Å². The number of carbonyl (C=O) groups excluding carboxylic acids is 2. The zero-order valence-corrected chi connectivity index (χ0v) is 17.8. The number of aromatic nitrogens is 4. The van der Waals surface area contributed by atoms with Crippen LogP contribution in [0.2, 0.25) is 0 Å². The fourth-order valence-electron chi connectivity index (χ4n) is 3.41. The highest BCUT2D eigenvalue weighted by atomic mass is 16.3. The van der Waals surface area contributed by atoms with Crippen molar-refractivity contribution >= 4 is 29.3 Å². The Morgan fingerprint density at radius 2 is 2.19 bits per heavy atom. The fourth-order valence-corrected chi connectivity index (χ4v) is 3.41. The van der Waals surface area contributed by atoms with Gasteiger partial charge in [-0.2, -0.15) is 5.10 Å². The van der Waals surface area contributed by atoms with E-state index < -0.39 is 5.91 Å². The van der Waals surface area contributed by atoms with Gasteiger partial charge in [-0.05, 0) is 19.1 Å². The van der Waals surface area contributed by atoms with Gasteiger partial charge in [0, 0.05) is 45.0 Å². The Labute approximate surface area is 183 Å². The van der Waals surface area contributed by atoms with Crippen molar-refractivity contribution in [3.63, 3.8) is 0 Å². The van der Waals surface area contributed by atoms with E-state index in [1.54, 1.807) is 31.6 Å². The SMILES string of the molecule is CCNc1cc(-c2nc(C(=O)Nc3cn(C)nc3N3CCN(CCO)C3=O)co2)ccn1. The van der Waals surface area contributed by atoms with Crippen molar-refractivity contribution in [1.82, 2.24) is 24.6 Å².